The number of phosphoric acid groups is 1. The smallest absolute Gasteiger partial charge is 0.268 e. The van der Waals surface area contributed by atoms with Crippen molar-refractivity contribution in [2.75, 3.05) is 40.9 Å². The summed E-state index contributed by atoms with van der Waals surface area (Å²) >= 11 is 0. The van der Waals surface area contributed by atoms with E-state index in [1.54, 1.807) is 13.0 Å². The van der Waals surface area contributed by atoms with E-state index in [4.69, 9.17) is 9.05 Å². The molecule has 0 spiro atoms. The van der Waals surface area contributed by atoms with Crippen LogP contribution in [-0.2, 0) is 18.4 Å². The molecular formula is C40H77N2O6P. The minimum atomic E-state index is -4.56. The lowest BCUT2D eigenvalue weighted by atomic mass is 10.0. The highest BCUT2D eigenvalue weighted by molar-refractivity contribution is 7.45. The van der Waals surface area contributed by atoms with Crippen molar-refractivity contribution in [2.24, 2.45) is 0 Å². The van der Waals surface area contributed by atoms with Crippen LogP contribution in [0.1, 0.15) is 162 Å². The average molecular weight is 713 g/mol. The largest absolute Gasteiger partial charge is 0.756 e. The minimum absolute atomic E-state index is 0.0118. The first-order valence-corrected chi connectivity index (χ1v) is 21.3. The van der Waals surface area contributed by atoms with E-state index in [-0.39, 0.29) is 18.9 Å². The molecule has 0 bridgehead atoms. The van der Waals surface area contributed by atoms with E-state index in [9.17, 15) is 19.4 Å². The van der Waals surface area contributed by atoms with Gasteiger partial charge in [-0.2, -0.15) is 0 Å². The van der Waals surface area contributed by atoms with Crippen molar-refractivity contribution in [1.29, 1.82) is 0 Å². The molecule has 0 aromatic heterocycles. The molecule has 3 unspecified atom stereocenters. The molecular weight excluding hydrogens is 635 g/mol. The van der Waals surface area contributed by atoms with Gasteiger partial charge in [0, 0.05) is 6.42 Å². The summed E-state index contributed by atoms with van der Waals surface area (Å²) < 4.78 is 22.6. The number of quaternary nitrogens is 1. The van der Waals surface area contributed by atoms with E-state index in [0.29, 0.717) is 11.0 Å². The molecule has 0 aliphatic rings. The molecule has 1 amide bonds. The Kier molecular flexibility index (Phi) is 31.8. The zero-order valence-corrected chi connectivity index (χ0v) is 33.3. The van der Waals surface area contributed by atoms with Crippen LogP contribution in [0.2, 0.25) is 0 Å². The number of nitrogens with one attached hydrogen (secondary N) is 1. The van der Waals surface area contributed by atoms with Gasteiger partial charge in [0.15, 0.2) is 0 Å². The molecule has 288 valence electrons. The first kappa shape index (κ1) is 47.7. The maximum absolute atomic E-state index is 12.1. The lowest BCUT2D eigenvalue weighted by Gasteiger charge is -2.29. The first-order chi connectivity index (χ1) is 23.5. The number of rotatable bonds is 35. The molecule has 2 N–H and O–H groups in total. The third-order valence-corrected chi connectivity index (χ3v) is 9.61. The Hall–Kier alpha value is -1.28. The Balaban J connectivity index is 3.88. The van der Waals surface area contributed by atoms with E-state index < -0.39 is 26.6 Å². The number of hydrogen-bond donors (Lipinski definition) is 2. The molecule has 0 aliphatic carbocycles. The van der Waals surface area contributed by atoms with Crippen LogP contribution in [0, 0.1) is 0 Å². The minimum Gasteiger partial charge on any atom is -0.756 e. The highest BCUT2D eigenvalue weighted by Gasteiger charge is 2.22. The monoisotopic (exact) mass is 713 g/mol. The fourth-order valence-corrected chi connectivity index (χ4v) is 6.11. The molecule has 3 atom stereocenters. The van der Waals surface area contributed by atoms with Crippen LogP contribution < -0.4 is 10.2 Å². The molecule has 0 saturated carbocycles. The van der Waals surface area contributed by atoms with Crippen molar-refractivity contribution >= 4 is 13.7 Å². The van der Waals surface area contributed by atoms with Gasteiger partial charge in [-0.3, -0.25) is 9.36 Å². The van der Waals surface area contributed by atoms with E-state index in [2.05, 4.69) is 36.5 Å². The summed E-state index contributed by atoms with van der Waals surface area (Å²) in [6, 6.07) is -0.903. The number of phosphoric ester groups is 1. The summed E-state index contributed by atoms with van der Waals surface area (Å²) in [6.07, 6.45) is 40.2. The zero-order valence-electron chi connectivity index (χ0n) is 32.4. The van der Waals surface area contributed by atoms with Crippen LogP contribution in [-0.4, -0.2) is 68.5 Å². The van der Waals surface area contributed by atoms with Gasteiger partial charge in [0.2, 0.25) is 5.91 Å². The quantitative estimate of drug-likeness (QED) is 0.0293. The highest BCUT2D eigenvalue weighted by Crippen LogP contribution is 2.38. The second kappa shape index (κ2) is 32.6. The van der Waals surface area contributed by atoms with Gasteiger partial charge >= 0.3 is 0 Å². The molecule has 0 saturated heterocycles. The number of carbonyl (C=O) groups is 1. The van der Waals surface area contributed by atoms with Crippen LogP contribution in [0.3, 0.4) is 0 Å². The number of unbranched alkanes of at least 4 members (excludes halogenated alkanes) is 19. The van der Waals surface area contributed by atoms with Crippen LogP contribution in [0.15, 0.2) is 36.5 Å². The maximum Gasteiger partial charge on any atom is 0.268 e. The van der Waals surface area contributed by atoms with Crippen LogP contribution >= 0.6 is 7.82 Å². The van der Waals surface area contributed by atoms with E-state index in [0.717, 1.165) is 25.7 Å². The lowest BCUT2D eigenvalue weighted by Crippen LogP contribution is -2.45. The number of carbonyl (C=O) groups excluding carboxylic acids is 1. The van der Waals surface area contributed by atoms with Gasteiger partial charge in [-0.25, -0.2) is 0 Å². The molecule has 0 radical (unpaired) electrons. The van der Waals surface area contributed by atoms with Crippen molar-refractivity contribution in [3.05, 3.63) is 36.5 Å². The Morgan fingerprint density at radius 1 is 0.694 bits per heavy atom. The number of amides is 1. The number of aliphatic hydroxyl groups excluding tert-OH is 1. The summed E-state index contributed by atoms with van der Waals surface area (Å²) in [4.78, 5) is 24.1. The molecule has 9 heteroatoms. The number of aliphatic hydroxyl groups is 1. The SMILES string of the molecule is CCCCCCCCCCCCCCCCCCC/C=C/CC/C=C/CC/C=C/C(O)C(COP(=O)([O-])OCC[N+](C)(C)C)NC(=O)CC. The van der Waals surface area contributed by atoms with Crippen molar-refractivity contribution in [3.63, 3.8) is 0 Å². The molecule has 0 aromatic rings. The van der Waals surface area contributed by atoms with Crippen LogP contribution in [0.5, 0.6) is 0 Å². The van der Waals surface area contributed by atoms with Crippen LogP contribution in [0.4, 0.5) is 0 Å². The number of hydrogen-bond acceptors (Lipinski definition) is 6. The number of likely N-dealkylation sites (N-methyl/N-ethyl adjacent to an activating group) is 1. The summed E-state index contributed by atoms with van der Waals surface area (Å²) in [5, 5.41) is 13.2. The maximum atomic E-state index is 12.1. The second-order valence-corrected chi connectivity index (χ2v) is 16.0. The predicted molar refractivity (Wildman–Crippen MR) is 205 cm³/mol. The molecule has 0 aromatic carbocycles. The van der Waals surface area contributed by atoms with Crippen molar-refractivity contribution < 1.29 is 32.9 Å². The third-order valence-electron chi connectivity index (χ3n) is 8.64. The molecule has 0 heterocycles. The number of nitrogens with zero attached hydrogens (tertiary/aromatic N) is 1. The van der Waals surface area contributed by atoms with Gasteiger partial charge in [0.1, 0.15) is 13.2 Å². The lowest BCUT2D eigenvalue weighted by molar-refractivity contribution is -0.870. The molecule has 8 nitrogen and oxygen atoms in total. The van der Waals surface area contributed by atoms with E-state index in [1.807, 2.05) is 27.2 Å². The van der Waals surface area contributed by atoms with Gasteiger partial charge in [-0.1, -0.05) is 153 Å². The molecule has 0 fully saturated rings. The fraction of sp³-hybridized carbons (Fsp3) is 0.825. The summed E-state index contributed by atoms with van der Waals surface area (Å²) in [5.41, 5.74) is 0. The fourth-order valence-electron chi connectivity index (χ4n) is 5.38. The van der Waals surface area contributed by atoms with Gasteiger partial charge in [0.25, 0.3) is 7.82 Å². The highest BCUT2D eigenvalue weighted by atomic mass is 31.2. The Bertz CT molecular complexity index is 902. The van der Waals surface area contributed by atoms with Gasteiger partial charge < -0.3 is 28.8 Å². The second-order valence-electron chi connectivity index (χ2n) is 14.6. The van der Waals surface area contributed by atoms with Gasteiger partial charge in [0.05, 0.1) is 39.9 Å². The Morgan fingerprint density at radius 2 is 1.12 bits per heavy atom. The van der Waals surface area contributed by atoms with Crippen LogP contribution in [0.25, 0.3) is 0 Å². The van der Waals surface area contributed by atoms with Crippen molar-refractivity contribution in [3.8, 4) is 0 Å². The third kappa shape index (κ3) is 34.9. The topological polar surface area (TPSA) is 108 Å². The summed E-state index contributed by atoms with van der Waals surface area (Å²) in [7, 11) is 1.22. The van der Waals surface area contributed by atoms with E-state index >= 15 is 0 Å². The standard InChI is InChI=1S/C40H77N2O6P/c1-6-8-9-10-11-12-13-14-15-16-17-18-19-20-21-22-23-24-25-26-27-28-29-30-31-32-33-34-39(43)38(41-40(44)7-2)37-48-49(45,46)47-36-35-42(3,4)5/h25-26,29-30,33-34,38-39,43H,6-24,27-28,31-32,35-37H2,1-5H3,(H-,41,44,45,46)/b26-25+,30-29+,34-33+. The first-order valence-electron chi connectivity index (χ1n) is 19.9. The summed E-state index contributed by atoms with van der Waals surface area (Å²) in [5.74, 6) is -0.301. The normalized spacial score (nSPS) is 15.0. The molecule has 0 rings (SSSR count). The average Bonchev–Trinajstić information content (AvgIpc) is 3.05. The molecule has 0 aliphatic heterocycles. The van der Waals surface area contributed by atoms with Gasteiger partial charge in [-0.05, 0) is 38.5 Å². The van der Waals surface area contributed by atoms with E-state index in [1.165, 1.54) is 116 Å². The summed E-state index contributed by atoms with van der Waals surface area (Å²) in [6.45, 7) is 4.04. The molecule has 49 heavy (non-hydrogen) atoms. The van der Waals surface area contributed by atoms with Crippen molar-refractivity contribution in [2.45, 2.75) is 174 Å². The zero-order chi connectivity index (χ0) is 36.5. The Labute approximate surface area is 302 Å². The number of allylic oxidation sites excluding steroid dienone is 5. The van der Waals surface area contributed by atoms with Crippen molar-refractivity contribution in [1.82, 2.24) is 5.32 Å². The van der Waals surface area contributed by atoms with Gasteiger partial charge in [-0.15, -0.1) is 0 Å². The Morgan fingerprint density at radius 3 is 1.57 bits per heavy atom. The predicted octanol–water partition coefficient (Wildman–Crippen LogP) is 9.72.